The van der Waals surface area contributed by atoms with E-state index in [0.29, 0.717) is 25.0 Å². The fourth-order valence-corrected chi connectivity index (χ4v) is 2.16. The SMILES string of the molecule is CCN(CCC#N)c1cc(C(=O)O)nc2ccccc12. The van der Waals surface area contributed by atoms with Crippen LogP contribution in [0.25, 0.3) is 10.9 Å². The lowest BCUT2D eigenvalue weighted by molar-refractivity contribution is 0.0691. The fourth-order valence-electron chi connectivity index (χ4n) is 2.16. The second-order valence-electron chi connectivity index (χ2n) is 4.34. The third-order valence-corrected chi connectivity index (χ3v) is 3.13. The van der Waals surface area contributed by atoms with Gasteiger partial charge in [0.05, 0.1) is 18.0 Å². The van der Waals surface area contributed by atoms with Crippen LogP contribution in [-0.2, 0) is 0 Å². The molecule has 0 bridgehead atoms. The molecule has 0 fully saturated rings. The van der Waals surface area contributed by atoms with Gasteiger partial charge in [-0.2, -0.15) is 5.26 Å². The van der Waals surface area contributed by atoms with Crippen molar-refractivity contribution in [1.29, 1.82) is 5.26 Å². The van der Waals surface area contributed by atoms with Gasteiger partial charge in [-0.3, -0.25) is 0 Å². The van der Waals surface area contributed by atoms with Crippen LogP contribution in [0.5, 0.6) is 0 Å². The van der Waals surface area contributed by atoms with E-state index in [1.54, 1.807) is 12.1 Å². The molecule has 0 aliphatic heterocycles. The van der Waals surface area contributed by atoms with Crippen LogP contribution in [0.15, 0.2) is 30.3 Å². The lowest BCUT2D eigenvalue weighted by atomic mass is 10.1. The van der Waals surface area contributed by atoms with Crippen molar-refractivity contribution in [2.75, 3.05) is 18.0 Å². The van der Waals surface area contributed by atoms with Gasteiger partial charge in [-0.25, -0.2) is 9.78 Å². The molecular formula is C15H15N3O2. The van der Waals surface area contributed by atoms with Gasteiger partial charge >= 0.3 is 5.97 Å². The van der Waals surface area contributed by atoms with Crippen molar-refractivity contribution in [3.8, 4) is 6.07 Å². The van der Waals surface area contributed by atoms with Gasteiger partial charge in [-0.1, -0.05) is 18.2 Å². The molecule has 0 aliphatic carbocycles. The Hall–Kier alpha value is -2.61. The summed E-state index contributed by atoms with van der Waals surface area (Å²) in [6, 6.07) is 11.1. The summed E-state index contributed by atoms with van der Waals surface area (Å²) in [5, 5.41) is 18.8. The summed E-state index contributed by atoms with van der Waals surface area (Å²) in [5.74, 6) is -1.05. The molecule has 2 rings (SSSR count). The number of nitriles is 1. The van der Waals surface area contributed by atoms with Crippen molar-refractivity contribution in [3.05, 3.63) is 36.0 Å². The molecule has 5 heteroatoms. The topological polar surface area (TPSA) is 77.2 Å². The van der Waals surface area contributed by atoms with E-state index in [4.69, 9.17) is 10.4 Å². The van der Waals surface area contributed by atoms with Crippen LogP contribution >= 0.6 is 0 Å². The normalized spacial score (nSPS) is 10.2. The summed E-state index contributed by atoms with van der Waals surface area (Å²) >= 11 is 0. The Bertz CT molecular complexity index is 676. The zero-order chi connectivity index (χ0) is 14.5. The minimum absolute atomic E-state index is 0.0223. The maximum absolute atomic E-state index is 11.2. The second-order valence-corrected chi connectivity index (χ2v) is 4.34. The zero-order valence-corrected chi connectivity index (χ0v) is 11.2. The standard InChI is InChI=1S/C15H15N3O2/c1-2-18(9-5-8-16)14-10-13(15(19)20)17-12-7-4-3-6-11(12)14/h3-4,6-7,10H,2,5,9H2,1H3,(H,19,20). The van der Waals surface area contributed by atoms with Crippen molar-refractivity contribution in [3.63, 3.8) is 0 Å². The monoisotopic (exact) mass is 269 g/mol. The Labute approximate surface area is 117 Å². The highest BCUT2D eigenvalue weighted by Crippen LogP contribution is 2.27. The Morgan fingerprint density at radius 2 is 2.20 bits per heavy atom. The van der Waals surface area contributed by atoms with Gasteiger partial charge in [0, 0.05) is 24.2 Å². The highest BCUT2D eigenvalue weighted by molar-refractivity contribution is 5.97. The van der Waals surface area contributed by atoms with Gasteiger partial charge in [0.25, 0.3) is 0 Å². The minimum Gasteiger partial charge on any atom is -0.477 e. The summed E-state index contributed by atoms with van der Waals surface area (Å²) in [7, 11) is 0. The molecule has 5 nitrogen and oxygen atoms in total. The molecular weight excluding hydrogens is 254 g/mol. The number of carboxylic acids is 1. The van der Waals surface area contributed by atoms with E-state index >= 15 is 0 Å². The molecule has 0 unspecified atom stereocenters. The molecule has 0 atom stereocenters. The predicted octanol–water partition coefficient (Wildman–Crippen LogP) is 2.67. The summed E-state index contributed by atoms with van der Waals surface area (Å²) in [6.45, 7) is 3.25. The second kappa shape index (κ2) is 6.02. The number of aromatic carboxylic acids is 1. The number of hydrogen-bond acceptors (Lipinski definition) is 4. The number of hydrogen-bond donors (Lipinski definition) is 1. The van der Waals surface area contributed by atoms with Crippen LogP contribution in [-0.4, -0.2) is 29.1 Å². The first-order chi connectivity index (χ1) is 9.67. The Balaban J connectivity index is 2.59. The predicted molar refractivity (Wildman–Crippen MR) is 76.8 cm³/mol. The van der Waals surface area contributed by atoms with Crippen LogP contribution in [0, 0.1) is 11.3 Å². The number of nitrogens with zero attached hydrogens (tertiary/aromatic N) is 3. The zero-order valence-electron chi connectivity index (χ0n) is 11.2. The van der Waals surface area contributed by atoms with Gasteiger partial charge < -0.3 is 10.0 Å². The average Bonchev–Trinajstić information content (AvgIpc) is 2.47. The molecule has 0 amide bonds. The van der Waals surface area contributed by atoms with Gasteiger partial charge in [0.1, 0.15) is 0 Å². The molecule has 1 heterocycles. The molecule has 1 aromatic carbocycles. The van der Waals surface area contributed by atoms with Crippen LogP contribution in [0.1, 0.15) is 23.8 Å². The van der Waals surface area contributed by atoms with Gasteiger partial charge in [-0.15, -0.1) is 0 Å². The lowest BCUT2D eigenvalue weighted by Gasteiger charge is -2.23. The Morgan fingerprint density at radius 1 is 1.45 bits per heavy atom. The molecule has 0 aliphatic rings. The molecule has 0 spiro atoms. The van der Waals surface area contributed by atoms with E-state index in [9.17, 15) is 4.79 Å². The summed E-state index contributed by atoms with van der Waals surface area (Å²) < 4.78 is 0. The summed E-state index contributed by atoms with van der Waals surface area (Å²) in [5.41, 5.74) is 1.48. The Morgan fingerprint density at radius 3 is 2.85 bits per heavy atom. The highest BCUT2D eigenvalue weighted by atomic mass is 16.4. The van der Waals surface area contributed by atoms with E-state index in [1.807, 2.05) is 30.0 Å². The number of pyridine rings is 1. The summed E-state index contributed by atoms with van der Waals surface area (Å²) in [6.07, 6.45) is 0.396. The van der Waals surface area contributed by atoms with Gasteiger partial charge in [-0.05, 0) is 19.1 Å². The van der Waals surface area contributed by atoms with Crippen LogP contribution in [0.2, 0.25) is 0 Å². The number of carbonyl (C=O) groups is 1. The smallest absolute Gasteiger partial charge is 0.354 e. The molecule has 0 saturated carbocycles. The molecule has 0 saturated heterocycles. The minimum atomic E-state index is -1.05. The van der Waals surface area contributed by atoms with E-state index in [-0.39, 0.29) is 5.69 Å². The van der Waals surface area contributed by atoms with E-state index in [2.05, 4.69) is 11.1 Å². The van der Waals surface area contributed by atoms with Crippen molar-refractivity contribution < 1.29 is 9.90 Å². The average molecular weight is 269 g/mol. The number of fused-ring (bicyclic) bond motifs is 1. The van der Waals surface area contributed by atoms with Crippen LogP contribution in [0.3, 0.4) is 0 Å². The number of para-hydroxylation sites is 1. The first-order valence-corrected chi connectivity index (χ1v) is 6.42. The number of benzene rings is 1. The van der Waals surface area contributed by atoms with E-state index in [0.717, 1.165) is 11.1 Å². The van der Waals surface area contributed by atoms with Crippen molar-refractivity contribution in [2.24, 2.45) is 0 Å². The quantitative estimate of drug-likeness (QED) is 0.902. The maximum Gasteiger partial charge on any atom is 0.354 e. The number of carboxylic acid groups (broad SMARTS) is 1. The van der Waals surface area contributed by atoms with E-state index < -0.39 is 5.97 Å². The molecule has 2 aromatic rings. The third kappa shape index (κ3) is 2.69. The molecule has 102 valence electrons. The van der Waals surface area contributed by atoms with Crippen LogP contribution in [0.4, 0.5) is 5.69 Å². The first kappa shape index (κ1) is 13.8. The first-order valence-electron chi connectivity index (χ1n) is 6.42. The van der Waals surface area contributed by atoms with Gasteiger partial charge in [0.2, 0.25) is 0 Å². The lowest BCUT2D eigenvalue weighted by Crippen LogP contribution is -2.24. The van der Waals surface area contributed by atoms with Crippen LogP contribution < -0.4 is 4.90 Å². The largest absolute Gasteiger partial charge is 0.477 e. The number of anilines is 1. The number of rotatable bonds is 5. The molecule has 1 N–H and O–H groups in total. The summed E-state index contributed by atoms with van der Waals surface area (Å²) in [4.78, 5) is 17.3. The molecule has 20 heavy (non-hydrogen) atoms. The van der Waals surface area contributed by atoms with Gasteiger partial charge in [0.15, 0.2) is 5.69 Å². The fraction of sp³-hybridized carbons (Fsp3) is 0.267. The maximum atomic E-state index is 11.2. The molecule has 0 radical (unpaired) electrons. The van der Waals surface area contributed by atoms with Crippen molar-refractivity contribution in [2.45, 2.75) is 13.3 Å². The van der Waals surface area contributed by atoms with Crippen molar-refractivity contribution >= 4 is 22.6 Å². The van der Waals surface area contributed by atoms with Crippen molar-refractivity contribution in [1.82, 2.24) is 4.98 Å². The third-order valence-electron chi connectivity index (χ3n) is 3.13. The molecule has 1 aromatic heterocycles. The number of aromatic nitrogens is 1. The Kier molecular flexibility index (Phi) is 4.16. The van der Waals surface area contributed by atoms with E-state index in [1.165, 1.54) is 0 Å². The highest BCUT2D eigenvalue weighted by Gasteiger charge is 2.14.